The maximum Gasteiger partial charge on any atom is 3.00 e. The van der Waals surface area contributed by atoms with E-state index in [-0.39, 0.29) is 36.9 Å². The fraction of sp³-hybridized carbons (Fsp3) is 0.900. The van der Waals surface area contributed by atoms with Crippen LogP contribution in [0.4, 0.5) is 0 Å². The van der Waals surface area contributed by atoms with Gasteiger partial charge in [0.05, 0.1) is 0 Å². The van der Waals surface area contributed by atoms with E-state index in [1.165, 1.54) is 12.8 Å². The van der Waals surface area contributed by atoms with Crippen molar-refractivity contribution in [1.82, 2.24) is 0 Å². The number of aliphatic carboxylic acids is 3. The predicted molar refractivity (Wildman–Crippen MR) is 143 cm³/mol. The Morgan fingerprint density at radius 3 is 1.05 bits per heavy atom. The number of rotatable bonds is 18. The van der Waals surface area contributed by atoms with Crippen molar-refractivity contribution in [2.24, 2.45) is 16.2 Å². The van der Waals surface area contributed by atoms with Crippen LogP contribution in [0.3, 0.4) is 0 Å². The van der Waals surface area contributed by atoms with Gasteiger partial charge in [0, 0.05) is 34.2 Å². The number of carbonyl (C=O) groups excluding carboxylic acids is 3. The Labute approximate surface area is 258 Å². The molecule has 0 spiro atoms. The smallest absolute Gasteiger partial charge is 0.550 e. The van der Waals surface area contributed by atoms with E-state index in [2.05, 4.69) is 20.8 Å². The van der Waals surface area contributed by atoms with Gasteiger partial charge in [-0.2, -0.15) is 0 Å². The molecule has 228 valence electrons. The molecule has 0 radical (unpaired) electrons. The summed E-state index contributed by atoms with van der Waals surface area (Å²) in [6.07, 6.45) is 14.1. The van der Waals surface area contributed by atoms with Gasteiger partial charge in [0.25, 0.3) is 0 Å². The first-order valence-corrected chi connectivity index (χ1v) is 14.3. The molecule has 0 amide bonds. The molecule has 0 fully saturated rings. The SMILES string of the molecule is CCCCC(C)(CCC)C(=O)[O-].CCCCC(C)(CCC)C(=O)[O-].CCCCCCC(C)(C)C(=O)[O-].[Lu+3]. The second kappa shape index (κ2) is 24.7. The van der Waals surface area contributed by atoms with Crippen molar-refractivity contribution < 1.29 is 66.6 Å². The number of carbonyl (C=O) groups is 3. The fourth-order valence-electron chi connectivity index (χ4n) is 3.99. The maximum atomic E-state index is 10.8. The van der Waals surface area contributed by atoms with Crippen LogP contribution < -0.4 is 15.3 Å². The molecule has 37 heavy (non-hydrogen) atoms. The minimum absolute atomic E-state index is 0. The van der Waals surface area contributed by atoms with Gasteiger partial charge in [-0.15, -0.1) is 0 Å². The van der Waals surface area contributed by atoms with Crippen LogP contribution >= 0.6 is 0 Å². The zero-order chi connectivity index (χ0) is 28.8. The van der Waals surface area contributed by atoms with Crippen LogP contribution in [0.5, 0.6) is 0 Å². The van der Waals surface area contributed by atoms with Gasteiger partial charge in [-0.05, 0) is 32.1 Å². The minimum atomic E-state index is -0.931. The molecule has 0 rings (SSSR count). The Morgan fingerprint density at radius 1 is 0.459 bits per heavy atom. The number of hydrogen-bond donors (Lipinski definition) is 0. The molecule has 7 heteroatoms. The van der Waals surface area contributed by atoms with Gasteiger partial charge < -0.3 is 29.7 Å². The summed E-state index contributed by atoms with van der Waals surface area (Å²) in [6.45, 7) is 17.3. The number of carboxylic acid groups (broad SMARTS) is 3. The molecule has 0 aromatic heterocycles. The van der Waals surface area contributed by atoms with Crippen LogP contribution in [0, 0.1) is 53.1 Å². The van der Waals surface area contributed by atoms with Crippen molar-refractivity contribution in [2.75, 3.05) is 0 Å². The van der Waals surface area contributed by atoms with E-state index in [0.29, 0.717) is 0 Å². The molecule has 0 aliphatic heterocycles. The van der Waals surface area contributed by atoms with Crippen molar-refractivity contribution in [3.05, 3.63) is 0 Å². The van der Waals surface area contributed by atoms with Crippen LogP contribution in [0.25, 0.3) is 0 Å². The first-order valence-electron chi connectivity index (χ1n) is 14.3. The second-order valence-corrected chi connectivity index (χ2v) is 11.4. The second-order valence-electron chi connectivity index (χ2n) is 11.4. The van der Waals surface area contributed by atoms with Crippen LogP contribution in [-0.2, 0) is 14.4 Å². The Morgan fingerprint density at radius 2 is 0.811 bits per heavy atom. The van der Waals surface area contributed by atoms with E-state index >= 15 is 0 Å². The van der Waals surface area contributed by atoms with Gasteiger partial charge in [0.15, 0.2) is 0 Å². The summed E-state index contributed by atoms with van der Waals surface area (Å²) in [5.41, 5.74) is -1.83. The Hall–Kier alpha value is -0.356. The first kappa shape index (κ1) is 43.7. The van der Waals surface area contributed by atoms with Crippen LogP contribution in [0.15, 0.2) is 0 Å². The summed E-state index contributed by atoms with van der Waals surface area (Å²) >= 11 is 0. The van der Waals surface area contributed by atoms with Crippen LogP contribution in [0.1, 0.15) is 159 Å². The Kier molecular flexibility index (Phi) is 29.1. The molecule has 0 heterocycles. The standard InChI is InChI=1S/3C10H20O2.Lu/c1-4-5-6-7-8-10(2,3)9(11)12;2*1-4-6-8-10(3,7-5-2)9(11)12;/h3*4-8H2,1-3H3,(H,11,12);/q;;;+3/p-3. The van der Waals surface area contributed by atoms with Crippen molar-refractivity contribution >= 4 is 17.9 Å². The minimum Gasteiger partial charge on any atom is -0.550 e. The fourth-order valence-corrected chi connectivity index (χ4v) is 3.99. The van der Waals surface area contributed by atoms with E-state index in [4.69, 9.17) is 0 Å². The van der Waals surface area contributed by atoms with Crippen LogP contribution in [-0.4, -0.2) is 17.9 Å². The van der Waals surface area contributed by atoms with E-state index in [1.54, 1.807) is 27.7 Å². The van der Waals surface area contributed by atoms with E-state index in [1.807, 2.05) is 13.8 Å². The zero-order valence-corrected chi connectivity index (χ0v) is 27.0. The zero-order valence-electron chi connectivity index (χ0n) is 25.3. The quantitative estimate of drug-likeness (QED) is 0.183. The molecule has 0 aromatic carbocycles. The summed E-state index contributed by atoms with van der Waals surface area (Å²) in [6, 6.07) is 0. The van der Waals surface area contributed by atoms with Crippen molar-refractivity contribution in [3.63, 3.8) is 0 Å². The number of carboxylic acids is 3. The molecule has 0 aromatic rings. The molecule has 0 N–H and O–H groups in total. The van der Waals surface area contributed by atoms with E-state index in [0.717, 1.165) is 83.5 Å². The third kappa shape index (κ3) is 22.2. The van der Waals surface area contributed by atoms with Gasteiger partial charge in [-0.1, -0.05) is 127 Å². The molecule has 0 bridgehead atoms. The Bertz CT molecular complexity index is 559. The third-order valence-electron chi connectivity index (χ3n) is 6.96. The summed E-state index contributed by atoms with van der Waals surface area (Å²) in [5, 5.41) is 32.2. The topological polar surface area (TPSA) is 120 Å². The van der Waals surface area contributed by atoms with Crippen molar-refractivity contribution in [3.8, 4) is 0 Å². The van der Waals surface area contributed by atoms with Gasteiger partial charge in [0.2, 0.25) is 0 Å². The van der Waals surface area contributed by atoms with Gasteiger partial charge in [-0.25, -0.2) is 0 Å². The number of hydrogen-bond acceptors (Lipinski definition) is 6. The average Bonchev–Trinajstić information content (AvgIpc) is 2.80. The van der Waals surface area contributed by atoms with Crippen LogP contribution in [0.2, 0.25) is 0 Å². The molecule has 6 nitrogen and oxygen atoms in total. The molecule has 0 aliphatic rings. The normalized spacial score (nSPS) is 13.9. The molecule has 0 saturated heterocycles. The summed E-state index contributed by atoms with van der Waals surface area (Å²) < 4.78 is 0. The average molecular weight is 689 g/mol. The summed E-state index contributed by atoms with van der Waals surface area (Å²) in [7, 11) is 0. The van der Waals surface area contributed by atoms with Gasteiger partial charge in [-0.3, -0.25) is 0 Å². The van der Waals surface area contributed by atoms with Crippen molar-refractivity contribution in [2.45, 2.75) is 159 Å². The number of unbranched alkanes of at least 4 members (excludes halogenated alkanes) is 5. The van der Waals surface area contributed by atoms with Crippen molar-refractivity contribution in [1.29, 1.82) is 0 Å². The monoisotopic (exact) mass is 688 g/mol. The Balaban J connectivity index is -0.000000218. The first-order chi connectivity index (χ1) is 16.6. The van der Waals surface area contributed by atoms with Gasteiger partial charge >= 0.3 is 36.9 Å². The van der Waals surface area contributed by atoms with Gasteiger partial charge in [0.1, 0.15) is 0 Å². The summed E-state index contributed by atoms with van der Waals surface area (Å²) in [5.74, 6) is -2.71. The molecule has 2 atom stereocenters. The van der Waals surface area contributed by atoms with E-state index < -0.39 is 34.2 Å². The largest absolute Gasteiger partial charge is 3.00 e. The third-order valence-corrected chi connectivity index (χ3v) is 6.96. The summed E-state index contributed by atoms with van der Waals surface area (Å²) in [4.78, 5) is 32.2. The molecule has 2 unspecified atom stereocenters. The molecular formula is C30H57LuO6. The molecular weight excluding hydrogens is 631 g/mol. The molecule has 0 aliphatic carbocycles. The predicted octanol–water partition coefficient (Wildman–Crippen LogP) is 5.20. The maximum absolute atomic E-state index is 10.8. The molecule has 0 saturated carbocycles. The van der Waals surface area contributed by atoms with E-state index in [9.17, 15) is 29.7 Å².